The van der Waals surface area contributed by atoms with Gasteiger partial charge in [-0.15, -0.1) is 0 Å². The van der Waals surface area contributed by atoms with Gasteiger partial charge in [0, 0.05) is 17.7 Å². The number of nitro benzene ring substituents is 1. The third-order valence-electron chi connectivity index (χ3n) is 2.52. The highest BCUT2D eigenvalue weighted by Crippen LogP contribution is 2.30. The van der Waals surface area contributed by atoms with Crippen molar-refractivity contribution >= 4 is 21.6 Å². The molecular formula is C13H8BrF2NO3. The number of non-ortho nitro benzene ring substituents is 1. The third kappa shape index (κ3) is 3.30. The molecule has 0 aromatic heterocycles. The molecule has 0 spiro atoms. The summed E-state index contributed by atoms with van der Waals surface area (Å²) in [6.45, 7) is -0.161. The molecule has 0 radical (unpaired) electrons. The van der Waals surface area contributed by atoms with Gasteiger partial charge in [-0.3, -0.25) is 10.1 Å². The second-order valence-corrected chi connectivity index (χ2v) is 4.75. The molecule has 20 heavy (non-hydrogen) atoms. The maximum Gasteiger partial charge on any atom is 0.273 e. The average molecular weight is 344 g/mol. The van der Waals surface area contributed by atoms with Crippen LogP contribution in [0.25, 0.3) is 0 Å². The van der Waals surface area contributed by atoms with Gasteiger partial charge < -0.3 is 4.74 Å². The smallest absolute Gasteiger partial charge is 0.273 e. The van der Waals surface area contributed by atoms with Crippen molar-refractivity contribution in [3.05, 3.63) is 68.2 Å². The lowest BCUT2D eigenvalue weighted by molar-refractivity contribution is -0.385. The minimum absolute atomic E-state index is 0.136. The van der Waals surface area contributed by atoms with Gasteiger partial charge in [0.2, 0.25) is 0 Å². The third-order valence-corrected chi connectivity index (χ3v) is 3.18. The first-order valence-corrected chi connectivity index (χ1v) is 6.27. The van der Waals surface area contributed by atoms with E-state index in [9.17, 15) is 18.9 Å². The van der Waals surface area contributed by atoms with Crippen molar-refractivity contribution in [1.29, 1.82) is 0 Å². The summed E-state index contributed by atoms with van der Waals surface area (Å²) in [5, 5.41) is 10.7. The van der Waals surface area contributed by atoms with Gasteiger partial charge in [-0.05, 0) is 34.1 Å². The molecule has 0 N–H and O–H groups in total. The Hall–Kier alpha value is -2.02. The summed E-state index contributed by atoms with van der Waals surface area (Å²) in [6.07, 6.45) is 0. The van der Waals surface area contributed by atoms with Crippen molar-refractivity contribution < 1.29 is 18.4 Å². The molecule has 0 atom stereocenters. The molecule has 0 fully saturated rings. The summed E-state index contributed by atoms with van der Waals surface area (Å²) in [5.74, 6) is -1.20. The molecular weight excluding hydrogens is 336 g/mol. The van der Waals surface area contributed by atoms with Crippen LogP contribution in [0, 0.1) is 21.7 Å². The largest absolute Gasteiger partial charge is 0.487 e. The van der Waals surface area contributed by atoms with Gasteiger partial charge in [-0.1, -0.05) is 0 Å². The Morgan fingerprint density at radius 2 is 1.95 bits per heavy atom. The van der Waals surface area contributed by atoms with E-state index in [4.69, 9.17) is 4.74 Å². The summed E-state index contributed by atoms with van der Waals surface area (Å²) in [6, 6.07) is 7.14. The molecule has 0 saturated carbocycles. The zero-order chi connectivity index (χ0) is 14.7. The standard InChI is InChI=1S/C13H8BrF2NO3/c14-11-4-3-10(17(18)19)6-13(11)20-7-8-1-2-9(15)5-12(8)16/h1-6H,7H2. The van der Waals surface area contributed by atoms with Crippen molar-refractivity contribution in [2.24, 2.45) is 0 Å². The molecule has 2 rings (SSSR count). The summed E-state index contributed by atoms with van der Waals surface area (Å²) < 4.78 is 32.0. The van der Waals surface area contributed by atoms with Crippen LogP contribution in [0.2, 0.25) is 0 Å². The number of halogens is 3. The Morgan fingerprint density at radius 3 is 2.60 bits per heavy atom. The number of hydrogen-bond donors (Lipinski definition) is 0. The van der Waals surface area contributed by atoms with Gasteiger partial charge >= 0.3 is 0 Å². The number of ether oxygens (including phenoxy) is 1. The molecule has 2 aromatic carbocycles. The highest BCUT2D eigenvalue weighted by atomic mass is 79.9. The van der Waals surface area contributed by atoms with Crippen LogP contribution in [0.5, 0.6) is 5.75 Å². The molecule has 0 aliphatic rings. The average Bonchev–Trinajstić information content (AvgIpc) is 2.39. The normalized spacial score (nSPS) is 10.3. The molecule has 0 amide bonds. The predicted molar refractivity (Wildman–Crippen MR) is 71.5 cm³/mol. The van der Waals surface area contributed by atoms with Crippen LogP contribution in [0.4, 0.5) is 14.5 Å². The topological polar surface area (TPSA) is 52.4 Å². The first-order chi connectivity index (χ1) is 9.47. The fraction of sp³-hybridized carbons (Fsp3) is 0.0769. The molecule has 0 unspecified atom stereocenters. The van der Waals surface area contributed by atoms with E-state index in [0.29, 0.717) is 4.47 Å². The van der Waals surface area contributed by atoms with E-state index in [2.05, 4.69) is 15.9 Å². The van der Waals surface area contributed by atoms with Gasteiger partial charge in [0.15, 0.2) is 0 Å². The molecule has 4 nitrogen and oxygen atoms in total. The second kappa shape index (κ2) is 5.96. The number of hydrogen-bond acceptors (Lipinski definition) is 3. The minimum Gasteiger partial charge on any atom is -0.487 e. The van der Waals surface area contributed by atoms with E-state index in [1.807, 2.05) is 0 Å². The van der Waals surface area contributed by atoms with E-state index >= 15 is 0 Å². The van der Waals surface area contributed by atoms with E-state index < -0.39 is 16.6 Å². The van der Waals surface area contributed by atoms with Crippen LogP contribution in [0.15, 0.2) is 40.9 Å². The number of rotatable bonds is 4. The van der Waals surface area contributed by atoms with Crippen molar-refractivity contribution in [3.63, 3.8) is 0 Å². The van der Waals surface area contributed by atoms with E-state index in [-0.39, 0.29) is 23.6 Å². The second-order valence-electron chi connectivity index (χ2n) is 3.90. The summed E-state index contributed by atoms with van der Waals surface area (Å²) >= 11 is 3.18. The molecule has 7 heteroatoms. The predicted octanol–water partition coefficient (Wildman–Crippen LogP) is 4.21. The van der Waals surface area contributed by atoms with Crippen LogP contribution in [0.1, 0.15) is 5.56 Å². The maximum absolute atomic E-state index is 13.4. The summed E-state index contributed by atoms with van der Waals surface area (Å²) in [4.78, 5) is 10.1. The van der Waals surface area contributed by atoms with Crippen molar-refractivity contribution in [2.75, 3.05) is 0 Å². The van der Waals surface area contributed by atoms with Crippen LogP contribution in [0.3, 0.4) is 0 Å². The van der Waals surface area contributed by atoms with Gasteiger partial charge in [0.1, 0.15) is 24.0 Å². The fourth-order valence-corrected chi connectivity index (χ4v) is 1.87. The SMILES string of the molecule is O=[N+]([O-])c1ccc(Br)c(OCc2ccc(F)cc2F)c1. The lowest BCUT2D eigenvalue weighted by atomic mass is 10.2. The molecule has 104 valence electrons. The van der Waals surface area contributed by atoms with Gasteiger partial charge in [0.05, 0.1) is 15.5 Å². The quantitative estimate of drug-likeness (QED) is 0.617. The minimum atomic E-state index is -0.730. The summed E-state index contributed by atoms with van der Waals surface area (Å²) in [5.41, 5.74) is 0.0209. The van der Waals surface area contributed by atoms with Crippen LogP contribution in [-0.4, -0.2) is 4.92 Å². The van der Waals surface area contributed by atoms with Gasteiger partial charge in [0.25, 0.3) is 5.69 Å². The molecule has 0 aliphatic heterocycles. The zero-order valence-corrected chi connectivity index (χ0v) is 11.6. The Labute approximate surface area is 121 Å². The van der Waals surface area contributed by atoms with Crippen LogP contribution < -0.4 is 4.74 Å². The lowest BCUT2D eigenvalue weighted by Crippen LogP contribution is -2.00. The molecule has 0 bridgehead atoms. The Balaban J connectivity index is 2.18. The first kappa shape index (κ1) is 14.4. The monoisotopic (exact) mass is 343 g/mol. The van der Waals surface area contributed by atoms with Crippen LogP contribution in [-0.2, 0) is 6.61 Å². The van der Waals surface area contributed by atoms with E-state index in [1.165, 1.54) is 24.3 Å². The molecule has 0 aliphatic carbocycles. The van der Waals surface area contributed by atoms with E-state index in [1.54, 1.807) is 0 Å². The maximum atomic E-state index is 13.4. The van der Waals surface area contributed by atoms with Crippen molar-refractivity contribution in [1.82, 2.24) is 0 Å². The number of nitrogens with zero attached hydrogens (tertiary/aromatic N) is 1. The van der Waals surface area contributed by atoms with Crippen LogP contribution >= 0.6 is 15.9 Å². The van der Waals surface area contributed by atoms with Crippen molar-refractivity contribution in [3.8, 4) is 5.75 Å². The fourth-order valence-electron chi connectivity index (χ4n) is 1.51. The molecule has 2 aromatic rings. The van der Waals surface area contributed by atoms with Gasteiger partial charge in [-0.2, -0.15) is 0 Å². The van der Waals surface area contributed by atoms with Crippen molar-refractivity contribution in [2.45, 2.75) is 6.61 Å². The lowest BCUT2D eigenvalue weighted by Gasteiger charge is -2.08. The highest BCUT2D eigenvalue weighted by molar-refractivity contribution is 9.10. The molecule has 0 heterocycles. The summed E-state index contributed by atoms with van der Waals surface area (Å²) in [7, 11) is 0. The Bertz CT molecular complexity index is 664. The zero-order valence-electron chi connectivity index (χ0n) is 9.98. The highest BCUT2D eigenvalue weighted by Gasteiger charge is 2.11. The number of nitro groups is 1. The number of benzene rings is 2. The first-order valence-electron chi connectivity index (χ1n) is 5.48. The van der Waals surface area contributed by atoms with E-state index in [0.717, 1.165) is 12.1 Å². The van der Waals surface area contributed by atoms with Gasteiger partial charge in [-0.25, -0.2) is 8.78 Å². The molecule has 0 saturated heterocycles. The Kier molecular flexibility index (Phi) is 4.29. The Morgan fingerprint density at radius 1 is 1.20 bits per heavy atom.